The van der Waals surface area contributed by atoms with Crippen molar-refractivity contribution in [3.63, 3.8) is 0 Å². The maximum absolute atomic E-state index is 13.1. The quantitative estimate of drug-likeness (QED) is 0.190. The number of nitro benzene ring substituents is 1. The zero-order valence-electron chi connectivity index (χ0n) is 16.9. The molecule has 32 heavy (non-hydrogen) atoms. The third-order valence-corrected chi connectivity index (χ3v) is 6.51. The van der Waals surface area contributed by atoms with E-state index >= 15 is 0 Å². The topological polar surface area (TPSA) is 114 Å². The number of rotatable bonds is 4. The molecule has 0 bridgehead atoms. The minimum Gasteiger partial charge on any atom is -0.507 e. The number of amides is 1. The van der Waals surface area contributed by atoms with Gasteiger partial charge in [-0.15, -0.1) is 11.3 Å². The molecule has 0 radical (unpaired) electrons. The third kappa shape index (κ3) is 3.65. The van der Waals surface area contributed by atoms with E-state index in [1.807, 2.05) is 6.92 Å². The molecule has 1 aromatic heterocycles. The van der Waals surface area contributed by atoms with Crippen molar-refractivity contribution in [3.8, 4) is 0 Å². The van der Waals surface area contributed by atoms with Gasteiger partial charge in [-0.25, -0.2) is 4.98 Å². The third-order valence-electron chi connectivity index (χ3n) is 5.18. The molecule has 1 N–H and O–H groups in total. The van der Waals surface area contributed by atoms with Crippen LogP contribution in [0, 0.1) is 24.0 Å². The summed E-state index contributed by atoms with van der Waals surface area (Å²) >= 11 is 7.15. The summed E-state index contributed by atoms with van der Waals surface area (Å²) < 4.78 is 0. The number of aliphatic hydroxyl groups excluding tert-OH is 1. The van der Waals surface area contributed by atoms with Crippen LogP contribution in [0.1, 0.15) is 27.7 Å². The molecule has 1 saturated heterocycles. The molecule has 2 aromatic carbocycles. The Labute approximate surface area is 191 Å². The number of aryl methyl sites for hydroxylation is 2. The van der Waals surface area contributed by atoms with Gasteiger partial charge in [0.25, 0.3) is 11.5 Å². The molecule has 1 aliphatic heterocycles. The fraction of sp³-hybridized carbons (Fsp3) is 0.136. The highest BCUT2D eigenvalue weighted by molar-refractivity contribution is 7.16. The Morgan fingerprint density at radius 3 is 2.47 bits per heavy atom. The first-order valence-electron chi connectivity index (χ1n) is 9.44. The first-order valence-corrected chi connectivity index (χ1v) is 10.6. The smallest absolute Gasteiger partial charge is 0.301 e. The van der Waals surface area contributed by atoms with Gasteiger partial charge in [-0.1, -0.05) is 23.7 Å². The molecule has 1 amide bonds. The monoisotopic (exact) mass is 469 g/mol. The number of nitro groups is 1. The Kier molecular flexibility index (Phi) is 5.53. The summed E-state index contributed by atoms with van der Waals surface area (Å²) in [5.74, 6) is -2.17. The summed E-state index contributed by atoms with van der Waals surface area (Å²) in [4.78, 5) is 43.4. The summed E-state index contributed by atoms with van der Waals surface area (Å²) in [6.45, 7) is 3.62. The number of aliphatic hydroxyl groups is 1. The molecule has 3 aromatic rings. The number of Topliss-reactive ketones (excluding diaryl/α,β-unsaturated/α-hetero) is 1. The zero-order valence-corrected chi connectivity index (χ0v) is 18.5. The lowest BCUT2D eigenvalue weighted by atomic mass is 9.95. The van der Waals surface area contributed by atoms with Crippen LogP contribution in [0.5, 0.6) is 0 Å². The van der Waals surface area contributed by atoms with Gasteiger partial charge in [0.15, 0.2) is 5.13 Å². The van der Waals surface area contributed by atoms with Gasteiger partial charge in [-0.05, 0) is 43.7 Å². The molecule has 0 aliphatic carbocycles. The summed E-state index contributed by atoms with van der Waals surface area (Å²) in [6, 6.07) is 10.7. The molecule has 162 valence electrons. The standard InChI is InChI=1S/C22H16ClN3O5S/c1-11-12(2)32-22(24-11)25-18(14-4-3-5-16(10-14)26(30)31)17(20(28)21(25)29)19(27)13-6-8-15(23)9-7-13/h3-10,18,27H,1-2H3/t18-/m0/s1. The number of non-ortho nitro benzene ring substituents is 1. The average molecular weight is 470 g/mol. The van der Waals surface area contributed by atoms with E-state index in [-0.39, 0.29) is 22.0 Å². The van der Waals surface area contributed by atoms with E-state index in [4.69, 9.17) is 11.6 Å². The van der Waals surface area contributed by atoms with Crippen molar-refractivity contribution in [1.82, 2.24) is 4.98 Å². The summed E-state index contributed by atoms with van der Waals surface area (Å²) in [6.07, 6.45) is 0. The van der Waals surface area contributed by atoms with Crippen LogP contribution < -0.4 is 4.90 Å². The van der Waals surface area contributed by atoms with E-state index in [0.29, 0.717) is 16.3 Å². The highest BCUT2D eigenvalue weighted by Gasteiger charge is 2.48. The van der Waals surface area contributed by atoms with E-state index in [9.17, 15) is 24.8 Å². The molecule has 0 saturated carbocycles. The Balaban J connectivity index is 1.97. The number of anilines is 1. The van der Waals surface area contributed by atoms with Crippen molar-refractivity contribution < 1.29 is 19.6 Å². The molecule has 0 spiro atoms. The maximum Gasteiger partial charge on any atom is 0.301 e. The number of benzene rings is 2. The molecular formula is C22H16ClN3O5S. The number of aromatic nitrogens is 1. The normalized spacial score (nSPS) is 17.7. The summed E-state index contributed by atoms with van der Waals surface area (Å²) in [5.41, 5.74) is 0.908. The Morgan fingerprint density at radius 2 is 1.88 bits per heavy atom. The Bertz CT molecular complexity index is 1280. The van der Waals surface area contributed by atoms with Gasteiger partial charge < -0.3 is 5.11 Å². The van der Waals surface area contributed by atoms with Gasteiger partial charge >= 0.3 is 5.91 Å². The van der Waals surface area contributed by atoms with Gasteiger partial charge in [-0.2, -0.15) is 0 Å². The van der Waals surface area contributed by atoms with Crippen molar-refractivity contribution in [2.24, 2.45) is 0 Å². The van der Waals surface area contributed by atoms with Gasteiger partial charge in [0.05, 0.1) is 22.2 Å². The number of hydrogen-bond acceptors (Lipinski definition) is 7. The van der Waals surface area contributed by atoms with Crippen LogP contribution in [-0.4, -0.2) is 26.7 Å². The second kappa shape index (κ2) is 8.18. The van der Waals surface area contributed by atoms with Crippen LogP contribution in [0.4, 0.5) is 10.8 Å². The van der Waals surface area contributed by atoms with E-state index < -0.39 is 28.4 Å². The number of ketones is 1. The van der Waals surface area contributed by atoms with E-state index in [1.54, 1.807) is 25.1 Å². The lowest BCUT2D eigenvalue weighted by Gasteiger charge is -2.22. The lowest BCUT2D eigenvalue weighted by Crippen LogP contribution is -2.29. The molecule has 1 aliphatic rings. The van der Waals surface area contributed by atoms with Crippen molar-refractivity contribution in [1.29, 1.82) is 0 Å². The Hall–Kier alpha value is -3.56. The van der Waals surface area contributed by atoms with Crippen LogP contribution in [0.15, 0.2) is 54.1 Å². The van der Waals surface area contributed by atoms with Crippen LogP contribution in [0.25, 0.3) is 5.76 Å². The number of hydrogen-bond donors (Lipinski definition) is 1. The molecule has 2 heterocycles. The van der Waals surface area contributed by atoms with Crippen LogP contribution in [0.3, 0.4) is 0 Å². The predicted molar refractivity (Wildman–Crippen MR) is 121 cm³/mol. The minimum atomic E-state index is -1.09. The van der Waals surface area contributed by atoms with Crippen LogP contribution in [0.2, 0.25) is 5.02 Å². The number of carbonyl (C=O) groups excluding carboxylic acids is 2. The molecule has 8 nitrogen and oxygen atoms in total. The van der Waals surface area contributed by atoms with Crippen LogP contribution in [-0.2, 0) is 9.59 Å². The fourth-order valence-electron chi connectivity index (χ4n) is 3.48. The molecule has 10 heteroatoms. The van der Waals surface area contributed by atoms with Crippen molar-refractivity contribution in [3.05, 3.63) is 90.9 Å². The molecule has 1 fully saturated rings. The molecule has 0 unspecified atom stereocenters. The molecule has 4 rings (SSSR count). The number of thiazole rings is 1. The lowest BCUT2D eigenvalue weighted by molar-refractivity contribution is -0.384. The van der Waals surface area contributed by atoms with Crippen molar-refractivity contribution >= 4 is 51.2 Å². The van der Waals surface area contributed by atoms with E-state index in [0.717, 1.165) is 4.88 Å². The predicted octanol–water partition coefficient (Wildman–Crippen LogP) is 4.95. The van der Waals surface area contributed by atoms with Gasteiger partial charge in [0.2, 0.25) is 0 Å². The van der Waals surface area contributed by atoms with E-state index in [2.05, 4.69) is 4.98 Å². The summed E-state index contributed by atoms with van der Waals surface area (Å²) in [5, 5.41) is 23.1. The molecular weight excluding hydrogens is 454 g/mol. The average Bonchev–Trinajstić information content (AvgIpc) is 3.23. The Morgan fingerprint density at radius 1 is 1.19 bits per heavy atom. The van der Waals surface area contributed by atoms with Crippen LogP contribution >= 0.6 is 22.9 Å². The zero-order chi connectivity index (χ0) is 23.2. The number of nitrogens with zero attached hydrogens (tertiary/aromatic N) is 3. The SMILES string of the molecule is Cc1nc(N2C(=O)C(=O)C(=C(O)c3ccc(Cl)cc3)[C@@H]2c2cccc([N+](=O)[O-])c2)sc1C. The number of carbonyl (C=O) groups is 2. The van der Waals surface area contributed by atoms with Gasteiger partial charge in [0, 0.05) is 27.6 Å². The van der Waals surface area contributed by atoms with Crippen molar-refractivity contribution in [2.45, 2.75) is 19.9 Å². The fourth-order valence-corrected chi connectivity index (χ4v) is 4.54. The number of halogens is 1. The first-order chi connectivity index (χ1) is 15.2. The van der Waals surface area contributed by atoms with E-state index in [1.165, 1.54) is 46.6 Å². The second-order valence-electron chi connectivity index (χ2n) is 7.17. The van der Waals surface area contributed by atoms with Gasteiger partial charge in [0.1, 0.15) is 5.76 Å². The highest BCUT2D eigenvalue weighted by Crippen LogP contribution is 2.44. The van der Waals surface area contributed by atoms with Crippen molar-refractivity contribution in [2.75, 3.05) is 4.90 Å². The van der Waals surface area contributed by atoms with Gasteiger partial charge in [-0.3, -0.25) is 24.6 Å². The first kappa shape index (κ1) is 21.7. The molecule has 1 atom stereocenters. The minimum absolute atomic E-state index is 0.177. The largest absolute Gasteiger partial charge is 0.507 e. The maximum atomic E-state index is 13.1. The highest BCUT2D eigenvalue weighted by atomic mass is 35.5. The summed E-state index contributed by atoms with van der Waals surface area (Å²) in [7, 11) is 0. The second-order valence-corrected chi connectivity index (χ2v) is 8.78.